The minimum atomic E-state index is -4.04. The minimum absolute atomic E-state index is 0.0626. The van der Waals surface area contributed by atoms with E-state index in [-0.39, 0.29) is 16.4 Å². The predicted molar refractivity (Wildman–Crippen MR) is 139 cm³/mol. The number of hydrogen-bond acceptors (Lipinski definition) is 8. The van der Waals surface area contributed by atoms with Crippen LogP contribution in [-0.4, -0.2) is 47.5 Å². The van der Waals surface area contributed by atoms with Gasteiger partial charge in [-0.1, -0.05) is 35.9 Å². The molecule has 0 aromatic heterocycles. The summed E-state index contributed by atoms with van der Waals surface area (Å²) in [5.41, 5.74) is 4.94. The first-order chi connectivity index (χ1) is 17.6. The van der Waals surface area contributed by atoms with E-state index in [0.717, 1.165) is 9.87 Å². The lowest BCUT2D eigenvalue weighted by molar-refractivity contribution is -0.119. The number of rotatable bonds is 9. The fourth-order valence-electron chi connectivity index (χ4n) is 3.43. The van der Waals surface area contributed by atoms with Crippen molar-refractivity contribution in [1.29, 1.82) is 0 Å². The average Bonchev–Trinajstić information content (AvgIpc) is 2.88. The van der Waals surface area contributed by atoms with E-state index in [1.54, 1.807) is 43.3 Å². The molecule has 0 aliphatic carbocycles. The van der Waals surface area contributed by atoms with Gasteiger partial charge in [-0.05, 0) is 61.4 Å². The number of carbonyl (C=O) groups is 2. The summed E-state index contributed by atoms with van der Waals surface area (Å²) in [6.07, 6.45) is 0.445. The summed E-state index contributed by atoms with van der Waals surface area (Å²) in [5, 5.41) is 3.93. The van der Waals surface area contributed by atoms with Crippen molar-refractivity contribution in [3.63, 3.8) is 0 Å². The van der Waals surface area contributed by atoms with Gasteiger partial charge in [0.1, 0.15) is 6.54 Å². The molecular formula is C26H27N3O7S. The second-order valence-electron chi connectivity index (χ2n) is 7.87. The van der Waals surface area contributed by atoms with Crippen molar-refractivity contribution in [2.45, 2.75) is 18.7 Å². The molecule has 1 N–H and O–H groups in total. The number of hydrogen-bond donors (Lipinski definition) is 1. The number of aryl methyl sites for hydroxylation is 2. The molecule has 0 bridgehead atoms. The molecule has 0 radical (unpaired) electrons. The summed E-state index contributed by atoms with van der Waals surface area (Å²) in [7, 11) is -1.45. The molecule has 3 rings (SSSR count). The molecule has 0 unspecified atom stereocenters. The number of anilines is 1. The van der Waals surface area contributed by atoms with Crippen LogP contribution in [-0.2, 0) is 19.6 Å². The summed E-state index contributed by atoms with van der Waals surface area (Å²) < 4.78 is 42.6. The van der Waals surface area contributed by atoms with E-state index in [9.17, 15) is 18.0 Å². The van der Waals surface area contributed by atoms with E-state index in [2.05, 4.69) is 15.3 Å². The molecule has 0 spiro atoms. The number of benzene rings is 3. The van der Waals surface area contributed by atoms with Gasteiger partial charge < -0.3 is 14.2 Å². The van der Waals surface area contributed by atoms with Crippen LogP contribution in [0.5, 0.6) is 11.5 Å². The Balaban J connectivity index is 1.80. The van der Waals surface area contributed by atoms with Gasteiger partial charge in [-0.15, -0.1) is 0 Å². The summed E-state index contributed by atoms with van der Waals surface area (Å²) in [6.45, 7) is 3.19. The van der Waals surface area contributed by atoms with Crippen molar-refractivity contribution < 1.29 is 32.2 Å². The van der Waals surface area contributed by atoms with Crippen molar-refractivity contribution >= 4 is 34.0 Å². The van der Waals surface area contributed by atoms with Crippen molar-refractivity contribution in [1.82, 2.24) is 5.43 Å². The summed E-state index contributed by atoms with van der Waals surface area (Å²) >= 11 is 0. The second-order valence-corrected chi connectivity index (χ2v) is 9.74. The Morgan fingerprint density at radius 2 is 1.70 bits per heavy atom. The molecule has 3 aromatic carbocycles. The maximum atomic E-state index is 13.5. The molecule has 1 amide bonds. The lowest BCUT2D eigenvalue weighted by Crippen LogP contribution is -2.40. The minimum Gasteiger partial charge on any atom is -0.493 e. The molecule has 0 aliphatic rings. The first-order valence-corrected chi connectivity index (χ1v) is 12.5. The van der Waals surface area contributed by atoms with Gasteiger partial charge in [0.05, 0.1) is 31.0 Å². The fraction of sp³-hybridized carbons (Fsp3) is 0.192. The van der Waals surface area contributed by atoms with Crippen LogP contribution in [0, 0.1) is 13.8 Å². The number of amides is 1. The molecule has 0 heterocycles. The highest BCUT2D eigenvalue weighted by Crippen LogP contribution is 2.29. The van der Waals surface area contributed by atoms with Gasteiger partial charge in [0.2, 0.25) is 0 Å². The SMILES string of the molecule is COC(=O)Oc1ccc(/C=N\NC(=O)CN(c2ccc(C)cc2C)S(=O)(=O)c2ccccc2)cc1OC. The Hall–Kier alpha value is -4.38. The van der Waals surface area contributed by atoms with Crippen molar-refractivity contribution in [2.75, 3.05) is 25.1 Å². The zero-order valence-electron chi connectivity index (χ0n) is 20.8. The number of carbonyl (C=O) groups excluding carboxylic acids is 2. The normalized spacial score (nSPS) is 11.1. The molecule has 0 fully saturated rings. The lowest BCUT2D eigenvalue weighted by atomic mass is 10.1. The van der Waals surface area contributed by atoms with Gasteiger partial charge in [0.15, 0.2) is 11.5 Å². The smallest absolute Gasteiger partial charge is 0.493 e. The van der Waals surface area contributed by atoms with Crippen molar-refractivity contribution in [3.8, 4) is 11.5 Å². The van der Waals surface area contributed by atoms with Crippen molar-refractivity contribution in [2.24, 2.45) is 5.10 Å². The zero-order chi connectivity index (χ0) is 27.0. The van der Waals surface area contributed by atoms with Crippen LogP contribution in [0.1, 0.15) is 16.7 Å². The highest BCUT2D eigenvalue weighted by molar-refractivity contribution is 7.92. The first kappa shape index (κ1) is 27.2. The molecular weight excluding hydrogens is 498 g/mol. The average molecular weight is 526 g/mol. The molecule has 0 saturated heterocycles. The van der Waals surface area contributed by atoms with E-state index in [0.29, 0.717) is 16.8 Å². The Kier molecular flexibility index (Phi) is 8.86. The summed E-state index contributed by atoms with van der Waals surface area (Å²) in [5.74, 6) is -0.255. The van der Waals surface area contributed by atoms with E-state index < -0.39 is 28.6 Å². The Labute approximate surface area is 215 Å². The largest absolute Gasteiger partial charge is 0.513 e. The van der Waals surface area contributed by atoms with Gasteiger partial charge in [-0.3, -0.25) is 9.10 Å². The summed E-state index contributed by atoms with van der Waals surface area (Å²) in [4.78, 5) is 24.2. The second kappa shape index (κ2) is 12.0. The van der Waals surface area contributed by atoms with Gasteiger partial charge in [0, 0.05) is 0 Å². The third kappa shape index (κ3) is 6.85. The molecule has 3 aromatic rings. The topological polar surface area (TPSA) is 124 Å². The van der Waals surface area contributed by atoms with Gasteiger partial charge >= 0.3 is 6.16 Å². The number of sulfonamides is 1. The van der Waals surface area contributed by atoms with Crippen LogP contribution in [0.15, 0.2) is 76.7 Å². The molecule has 10 nitrogen and oxygen atoms in total. The predicted octanol–water partition coefficient (Wildman–Crippen LogP) is 3.80. The standard InChI is InChI=1S/C26H27N3O7S/c1-18-10-12-22(19(2)14-18)29(37(32,33)21-8-6-5-7-9-21)17-25(30)28-27-16-20-11-13-23(24(15-20)34-3)36-26(31)35-4/h5-16H,17H2,1-4H3,(H,28,30)/b27-16-. The highest BCUT2D eigenvalue weighted by Gasteiger charge is 2.28. The van der Waals surface area contributed by atoms with Gasteiger partial charge in [-0.25, -0.2) is 18.6 Å². The van der Waals surface area contributed by atoms with Crippen molar-refractivity contribution in [3.05, 3.63) is 83.4 Å². The fourth-order valence-corrected chi connectivity index (χ4v) is 4.94. The number of nitrogens with one attached hydrogen (secondary N) is 1. The molecule has 11 heteroatoms. The Morgan fingerprint density at radius 1 is 0.973 bits per heavy atom. The van der Waals surface area contributed by atoms with E-state index >= 15 is 0 Å². The zero-order valence-corrected chi connectivity index (χ0v) is 21.6. The monoisotopic (exact) mass is 525 g/mol. The molecule has 0 saturated carbocycles. The third-order valence-electron chi connectivity index (χ3n) is 5.19. The molecule has 37 heavy (non-hydrogen) atoms. The van der Waals surface area contributed by atoms with Crippen LogP contribution in [0.25, 0.3) is 0 Å². The molecule has 194 valence electrons. The van der Waals surface area contributed by atoms with Crippen LogP contribution in [0.4, 0.5) is 10.5 Å². The van der Waals surface area contributed by atoms with Gasteiger partial charge in [-0.2, -0.15) is 5.10 Å². The maximum absolute atomic E-state index is 13.5. The number of nitrogens with zero attached hydrogens (tertiary/aromatic N) is 2. The van der Waals surface area contributed by atoms with E-state index in [4.69, 9.17) is 9.47 Å². The third-order valence-corrected chi connectivity index (χ3v) is 6.96. The Morgan fingerprint density at radius 3 is 2.35 bits per heavy atom. The number of ether oxygens (including phenoxy) is 3. The molecule has 0 aliphatic heterocycles. The van der Waals surface area contributed by atoms with Gasteiger partial charge in [0.25, 0.3) is 15.9 Å². The first-order valence-electron chi connectivity index (χ1n) is 11.1. The van der Waals surface area contributed by atoms with Crippen LogP contribution >= 0.6 is 0 Å². The number of hydrazone groups is 1. The summed E-state index contributed by atoms with van der Waals surface area (Å²) in [6, 6.07) is 17.8. The van der Waals surface area contributed by atoms with Crippen LogP contribution in [0.3, 0.4) is 0 Å². The van der Waals surface area contributed by atoms with Crippen LogP contribution < -0.4 is 19.2 Å². The lowest BCUT2D eigenvalue weighted by Gasteiger charge is -2.25. The van der Waals surface area contributed by atoms with E-state index in [1.807, 2.05) is 13.0 Å². The van der Waals surface area contributed by atoms with E-state index in [1.165, 1.54) is 44.7 Å². The highest BCUT2D eigenvalue weighted by atomic mass is 32.2. The quantitative estimate of drug-likeness (QED) is 0.195. The van der Waals surface area contributed by atoms with Crippen LogP contribution in [0.2, 0.25) is 0 Å². The maximum Gasteiger partial charge on any atom is 0.513 e. The molecule has 0 atom stereocenters. The number of methoxy groups -OCH3 is 2. The Bertz CT molecular complexity index is 1410.